The SMILES string of the molecule is CCOC(CCNC(=NC)NCc1cccc(-c2ncn[nH]2)c1)C1CCCC1. The smallest absolute Gasteiger partial charge is 0.191 e. The second-order valence-electron chi connectivity index (χ2n) is 7.21. The fourth-order valence-corrected chi connectivity index (χ4v) is 3.91. The van der Waals surface area contributed by atoms with Gasteiger partial charge in [0.15, 0.2) is 11.8 Å². The van der Waals surface area contributed by atoms with Crippen LogP contribution >= 0.6 is 0 Å². The van der Waals surface area contributed by atoms with Gasteiger partial charge >= 0.3 is 0 Å². The van der Waals surface area contributed by atoms with Gasteiger partial charge in [-0.1, -0.05) is 31.0 Å². The number of H-pyrrole nitrogens is 1. The molecule has 7 nitrogen and oxygen atoms in total. The van der Waals surface area contributed by atoms with E-state index in [2.05, 4.69) is 49.9 Å². The van der Waals surface area contributed by atoms with E-state index in [1.165, 1.54) is 32.0 Å². The highest BCUT2D eigenvalue weighted by atomic mass is 16.5. The first-order valence-electron chi connectivity index (χ1n) is 10.3. The predicted molar refractivity (Wildman–Crippen MR) is 112 cm³/mol. The molecule has 7 heteroatoms. The van der Waals surface area contributed by atoms with Gasteiger partial charge in [0.05, 0.1) is 6.10 Å². The summed E-state index contributed by atoms with van der Waals surface area (Å²) in [4.78, 5) is 8.55. The minimum absolute atomic E-state index is 0.358. The highest BCUT2D eigenvalue weighted by molar-refractivity contribution is 5.79. The van der Waals surface area contributed by atoms with Crippen molar-refractivity contribution >= 4 is 5.96 Å². The van der Waals surface area contributed by atoms with E-state index in [4.69, 9.17) is 4.74 Å². The van der Waals surface area contributed by atoms with Crippen LogP contribution in [0, 0.1) is 5.92 Å². The van der Waals surface area contributed by atoms with E-state index in [1.54, 1.807) is 7.05 Å². The highest BCUT2D eigenvalue weighted by Gasteiger charge is 2.25. The molecule has 1 atom stereocenters. The number of aromatic amines is 1. The van der Waals surface area contributed by atoms with Gasteiger partial charge in [-0.15, -0.1) is 0 Å². The first-order chi connectivity index (χ1) is 13.8. The Bertz CT molecular complexity index is 724. The standard InChI is InChI=1S/C21H32N6O/c1-3-28-19(17-8-4-5-9-17)11-12-23-21(22-2)24-14-16-7-6-10-18(13-16)20-25-15-26-27-20/h6-7,10,13,15,17,19H,3-5,8-9,11-12,14H2,1-2H3,(H2,22,23,24)(H,25,26,27). The summed E-state index contributed by atoms with van der Waals surface area (Å²) >= 11 is 0. The quantitative estimate of drug-likeness (QED) is 0.457. The zero-order chi connectivity index (χ0) is 19.6. The van der Waals surface area contributed by atoms with Crippen molar-refractivity contribution in [3.05, 3.63) is 36.2 Å². The number of ether oxygens (including phenoxy) is 1. The third-order valence-corrected chi connectivity index (χ3v) is 5.33. The Hall–Kier alpha value is -2.41. The molecule has 1 aromatic heterocycles. The maximum absolute atomic E-state index is 6.00. The molecule has 0 aliphatic heterocycles. The number of benzene rings is 1. The topological polar surface area (TPSA) is 87.2 Å². The fourth-order valence-electron chi connectivity index (χ4n) is 3.91. The fraction of sp³-hybridized carbons (Fsp3) is 0.571. The molecule has 0 spiro atoms. The lowest BCUT2D eigenvalue weighted by molar-refractivity contribution is 0.0169. The number of hydrogen-bond donors (Lipinski definition) is 3. The van der Waals surface area contributed by atoms with E-state index >= 15 is 0 Å². The third kappa shape index (κ3) is 5.79. The second-order valence-corrected chi connectivity index (χ2v) is 7.21. The molecule has 0 amide bonds. The molecule has 3 rings (SSSR count). The van der Waals surface area contributed by atoms with E-state index in [0.29, 0.717) is 12.6 Å². The summed E-state index contributed by atoms with van der Waals surface area (Å²) in [7, 11) is 1.80. The lowest BCUT2D eigenvalue weighted by Gasteiger charge is -2.24. The van der Waals surface area contributed by atoms with Crippen LogP contribution in [0.15, 0.2) is 35.6 Å². The molecule has 1 saturated carbocycles. The molecule has 1 aromatic carbocycles. The van der Waals surface area contributed by atoms with Crippen LogP contribution in [-0.4, -0.2) is 47.4 Å². The molecule has 2 aromatic rings. The zero-order valence-electron chi connectivity index (χ0n) is 16.9. The summed E-state index contributed by atoms with van der Waals surface area (Å²) in [6.07, 6.45) is 8.19. The normalized spacial score (nSPS) is 16.3. The van der Waals surface area contributed by atoms with Gasteiger partial charge in [0, 0.05) is 32.3 Å². The van der Waals surface area contributed by atoms with Gasteiger partial charge in [0.2, 0.25) is 0 Å². The Balaban J connectivity index is 1.46. The maximum atomic E-state index is 6.00. The number of aromatic nitrogens is 3. The molecule has 0 bridgehead atoms. The lowest BCUT2D eigenvalue weighted by Crippen LogP contribution is -2.39. The van der Waals surface area contributed by atoms with Gasteiger partial charge in [-0.05, 0) is 43.7 Å². The van der Waals surface area contributed by atoms with Gasteiger partial charge in [-0.25, -0.2) is 4.98 Å². The first kappa shape index (κ1) is 20.3. The molecule has 3 N–H and O–H groups in total. The average Bonchev–Trinajstić information content (AvgIpc) is 3.44. The van der Waals surface area contributed by atoms with Gasteiger partial charge in [-0.2, -0.15) is 5.10 Å². The predicted octanol–water partition coefficient (Wildman–Crippen LogP) is 3.12. The van der Waals surface area contributed by atoms with Gasteiger partial charge < -0.3 is 15.4 Å². The van der Waals surface area contributed by atoms with Gasteiger partial charge in [0.1, 0.15) is 6.33 Å². The van der Waals surface area contributed by atoms with E-state index in [0.717, 1.165) is 48.4 Å². The molecule has 1 fully saturated rings. The molecule has 1 unspecified atom stereocenters. The summed E-state index contributed by atoms with van der Waals surface area (Å²) < 4.78 is 6.00. The van der Waals surface area contributed by atoms with Crippen molar-refractivity contribution in [1.29, 1.82) is 0 Å². The van der Waals surface area contributed by atoms with Crippen LogP contribution in [0.5, 0.6) is 0 Å². The van der Waals surface area contributed by atoms with Crippen LogP contribution in [0.25, 0.3) is 11.4 Å². The Morgan fingerprint density at radius 3 is 2.89 bits per heavy atom. The zero-order valence-corrected chi connectivity index (χ0v) is 16.9. The van der Waals surface area contributed by atoms with Crippen molar-refractivity contribution in [2.75, 3.05) is 20.2 Å². The van der Waals surface area contributed by atoms with Crippen LogP contribution in [0.2, 0.25) is 0 Å². The number of guanidine groups is 1. The van der Waals surface area contributed by atoms with E-state index in [1.807, 2.05) is 12.1 Å². The summed E-state index contributed by atoms with van der Waals surface area (Å²) in [5.41, 5.74) is 2.19. The van der Waals surface area contributed by atoms with Crippen molar-refractivity contribution in [3.63, 3.8) is 0 Å². The van der Waals surface area contributed by atoms with E-state index in [-0.39, 0.29) is 0 Å². The highest BCUT2D eigenvalue weighted by Crippen LogP contribution is 2.30. The summed E-state index contributed by atoms with van der Waals surface area (Å²) in [5, 5.41) is 13.6. The van der Waals surface area contributed by atoms with Crippen molar-refractivity contribution in [2.45, 2.75) is 51.7 Å². The van der Waals surface area contributed by atoms with Crippen LogP contribution in [0.4, 0.5) is 0 Å². The first-order valence-corrected chi connectivity index (χ1v) is 10.3. The Morgan fingerprint density at radius 2 is 2.18 bits per heavy atom. The summed E-state index contributed by atoms with van der Waals surface area (Å²) in [6, 6.07) is 8.24. The van der Waals surface area contributed by atoms with Crippen molar-refractivity contribution in [1.82, 2.24) is 25.8 Å². The molecular weight excluding hydrogens is 352 g/mol. The molecule has 1 aliphatic rings. The van der Waals surface area contributed by atoms with Crippen LogP contribution in [0.3, 0.4) is 0 Å². The number of aliphatic imine (C=N–C) groups is 1. The molecular formula is C21H32N6O. The number of nitrogens with zero attached hydrogens (tertiary/aromatic N) is 3. The molecule has 0 saturated heterocycles. The van der Waals surface area contributed by atoms with E-state index < -0.39 is 0 Å². The monoisotopic (exact) mass is 384 g/mol. The largest absolute Gasteiger partial charge is 0.378 e. The Labute approximate surface area is 167 Å². The molecule has 1 aliphatic carbocycles. The number of nitrogens with one attached hydrogen (secondary N) is 3. The summed E-state index contributed by atoms with van der Waals surface area (Å²) in [6.45, 7) is 4.43. The second kappa shape index (κ2) is 10.8. The Kier molecular flexibility index (Phi) is 7.84. The number of hydrogen-bond acceptors (Lipinski definition) is 4. The average molecular weight is 385 g/mol. The minimum atomic E-state index is 0.358. The van der Waals surface area contributed by atoms with Crippen molar-refractivity contribution in [2.24, 2.45) is 10.9 Å². The van der Waals surface area contributed by atoms with Gasteiger partial charge in [0.25, 0.3) is 0 Å². The van der Waals surface area contributed by atoms with Crippen LogP contribution in [-0.2, 0) is 11.3 Å². The van der Waals surface area contributed by atoms with Crippen molar-refractivity contribution in [3.8, 4) is 11.4 Å². The molecule has 1 heterocycles. The molecule has 152 valence electrons. The maximum Gasteiger partial charge on any atom is 0.191 e. The van der Waals surface area contributed by atoms with Crippen molar-refractivity contribution < 1.29 is 4.74 Å². The van der Waals surface area contributed by atoms with E-state index in [9.17, 15) is 0 Å². The molecule has 28 heavy (non-hydrogen) atoms. The van der Waals surface area contributed by atoms with Crippen LogP contribution in [0.1, 0.15) is 44.6 Å². The Morgan fingerprint density at radius 1 is 1.32 bits per heavy atom. The third-order valence-electron chi connectivity index (χ3n) is 5.33. The summed E-state index contributed by atoms with van der Waals surface area (Å²) in [5.74, 6) is 2.31. The van der Waals surface area contributed by atoms with Gasteiger partial charge in [-0.3, -0.25) is 10.1 Å². The number of rotatable bonds is 9. The lowest BCUT2D eigenvalue weighted by atomic mass is 9.98. The molecule has 0 radical (unpaired) electrons. The van der Waals surface area contributed by atoms with Crippen LogP contribution < -0.4 is 10.6 Å². The minimum Gasteiger partial charge on any atom is -0.378 e.